The summed E-state index contributed by atoms with van der Waals surface area (Å²) in [5, 5.41) is 11.7. The van der Waals surface area contributed by atoms with Gasteiger partial charge in [-0.15, -0.1) is 10.2 Å². The molecule has 0 atom stereocenters. The fourth-order valence-electron chi connectivity index (χ4n) is 3.98. The maximum atomic E-state index is 14.3. The average molecular weight is 449 g/mol. The third kappa shape index (κ3) is 4.05. The summed E-state index contributed by atoms with van der Waals surface area (Å²) < 4.78 is 26.9. The number of rotatable bonds is 6. The minimum absolute atomic E-state index is 0.249. The molecule has 3 aromatic heterocycles. The van der Waals surface area contributed by atoms with Crippen LogP contribution >= 0.6 is 0 Å². The van der Waals surface area contributed by atoms with Gasteiger partial charge in [0.05, 0.1) is 26.0 Å². The molecule has 33 heavy (non-hydrogen) atoms. The molecule has 9 nitrogen and oxygen atoms in total. The van der Waals surface area contributed by atoms with Crippen LogP contribution in [0.3, 0.4) is 0 Å². The number of halogens is 1. The van der Waals surface area contributed by atoms with E-state index in [4.69, 9.17) is 14.5 Å². The Balaban J connectivity index is 1.44. The Morgan fingerprint density at radius 3 is 2.79 bits per heavy atom. The fourth-order valence-corrected chi connectivity index (χ4v) is 3.98. The van der Waals surface area contributed by atoms with Gasteiger partial charge in [-0.1, -0.05) is 6.07 Å². The maximum absolute atomic E-state index is 14.3. The van der Waals surface area contributed by atoms with Crippen molar-refractivity contribution in [3.63, 3.8) is 0 Å². The summed E-state index contributed by atoms with van der Waals surface area (Å²) in [4.78, 5) is 11.4. The van der Waals surface area contributed by atoms with Crippen LogP contribution in [-0.2, 0) is 11.3 Å². The zero-order valence-corrected chi connectivity index (χ0v) is 18.5. The lowest BCUT2D eigenvalue weighted by molar-refractivity contribution is 0.122. The van der Waals surface area contributed by atoms with Gasteiger partial charge in [-0.2, -0.15) is 0 Å². The van der Waals surface area contributed by atoms with Crippen molar-refractivity contribution in [1.29, 1.82) is 0 Å². The molecule has 10 heteroatoms. The Labute approximate surface area is 190 Å². The number of ether oxygens (including phenoxy) is 2. The van der Waals surface area contributed by atoms with E-state index in [0.29, 0.717) is 36.1 Å². The van der Waals surface area contributed by atoms with Crippen LogP contribution in [0.25, 0.3) is 16.8 Å². The average Bonchev–Trinajstić information content (AvgIpc) is 3.34. The predicted octanol–water partition coefficient (Wildman–Crippen LogP) is 3.09. The molecule has 0 amide bonds. The van der Waals surface area contributed by atoms with Crippen LogP contribution in [0.15, 0.2) is 42.9 Å². The van der Waals surface area contributed by atoms with Gasteiger partial charge in [-0.05, 0) is 31.2 Å². The molecule has 1 N–H and O–H groups in total. The van der Waals surface area contributed by atoms with E-state index in [-0.39, 0.29) is 12.4 Å². The summed E-state index contributed by atoms with van der Waals surface area (Å²) in [6.45, 7) is 5.12. The second-order valence-electron chi connectivity index (χ2n) is 7.70. The van der Waals surface area contributed by atoms with Gasteiger partial charge in [0.25, 0.3) is 0 Å². The minimum atomic E-state index is -0.327. The van der Waals surface area contributed by atoms with E-state index in [1.807, 2.05) is 29.7 Å². The van der Waals surface area contributed by atoms with Crippen LogP contribution in [0.5, 0.6) is 5.75 Å². The monoisotopic (exact) mass is 449 g/mol. The summed E-state index contributed by atoms with van der Waals surface area (Å²) in [6.07, 6.45) is 3.45. The highest BCUT2D eigenvalue weighted by Gasteiger charge is 2.18. The summed E-state index contributed by atoms with van der Waals surface area (Å²) in [6, 6.07) is 8.64. The zero-order chi connectivity index (χ0) is 22.8. The number of morpholine rings is 1. The first-order valence-electron chi connectivity index (χ1n) is 10.7. The van der Waals surface area contributed by atoms with Gasteiger partial charge in [0.15, 0.2) is 5.65 Å². The smallest absolute Gasteiger partial charge is 0.225 e. The van der Waals surface area contributed by atoms with Crippen molar-refractivity contribution in [2.45, 2.75) is 13.5 Å². The van der Waals surface area contributed by atoms with Gasteiger partial charge in [-0.25, -0.2) is 14.4 Å². The number of hydrogen-bond acceptors (Lipinski definition) is 8. The van der Waals surface area contributed by atoms with Crippen molar-refractivity contribution in [2.75, 3.05) is 43.6 Å². The van der Waals surface area contributed by atoms with E-state index in [2.05, 4.69) is 25.4 Å². The fraction of sp³-hybridized carbons (Fsp3) is 0.304. The number of nitrogens with zero attached hydrogens (tertiary/aromatic N) is 6. The number of benzene rings is 1. The Hall–Kier alpha value is -3.79. The molecule has 1 fully saturated rings. The van der Waals surface area contributed by atoms with E-state index in [1.54, 1.807) is 18.5 Å². The standard InChI is InChI=1S/C23H24FN7O2/c1-15-17(12-26-23(28-15)30-8-10-33-11-9-30)16-6-7-21(31-14-27-29-22(16)31)25-13-18-19(24)4-3-5-20(18)32-2/h3-7,12,14,25H,8-11,13H2,1-2H3. The van der Waals surface area contributed by atoms with Crippen LogP contribution in [0, 0.1) is 12.7 Å². The molecular weight excluding hydrogens is 425 g/mol. The Bertz CT molecular complexity index is 1290. The molecule has 0 radical (unpaired) electrons. The molecule has 1 aliphatic rings. The summed E-state index contributed by atoms with van der Waals surface area (Å²) in [5.74, 6) is 1.60. The third-order valence-electron chi connectivity index (χ3n) is 5.75. The Morgan fingerprint density at radius 1 is 1.15 bits per heavy atom. The lowest BCUT2D eigenvalue weighted by atomic mass is 10.1. The molecule has 0 bridgehead atoms. The maximum Gasteiger partial charge on any atom is 0.225 e. The van der Waals surface area contributed by atoms with Crippen molar-refractivity contribution in [3.05, 3.63) is 59.9 Å². The number of fused-ring (bicyclic) bond motifs is 1. The third-order valence-corrected chi connectivity index (χ3v) is 5.75. The highest BCUT2D eigenvalue weighted by atomic mass is 19.1. The molecule has 170 valence electrons. The predicted molar refractivity (Wildman–Crippen MR) is 122 cm³/mol. The van der Waals surface area contributed by atoms with Crippen molar-refractivity contribution in [1.82, 2.24) is 24.6 Å². The van der Waals surface area contributed by atoms with E-state index >= 15 is 0 Å². The molecule has 0 unspecified atom stereocenters. The first-order valence-corrected chi connectivity index (χ1v) is 10.7. The molecule has 4 heterocycles. The molecule has 4 aromatic rings. The molecule has 5 rings (SSSR count). The van der Waals surface area contributed by atoms with Crippen LogP contribution < -0.4 is 15.0 Å². The van der Waals surface area contributed by atoms with Crippen molar-refractivity contribution < 1.29 is 13.9 Å². The molecule has 0 spiro atoms. The van der Waals surface area contributed by atoms with Crippen LogP contribution in [0.4, 0.5) is 16.2 Å². The van der Waals surface area contributed by atoms with Crippen LogP contribution in [0.2, 0.25) is 0 Å². The zero-order valence-electron chi connectivity index (χ0n) is 18.5. The van der Waals surface area contributed by atoms with Gasteiger partial charge in [0.2, 0.25) is 5.95 Å². The number of hydrogen-bond donors (Lipinski definition) is 1. The highest BCUT2D eigenvalue weighted by molar-refractivity contribution is 5.80. The van der Waals surface area contributed by atoms with Crippen molar-refractivity contribution >= 4 is 17.4 Å². The van der Waals surface area contributed by atoms with E-state index < -0.39 is 0 Å². The molecule has 0 aliphatic carbocycles. The van der Waals surface area contributed by atoms with Crippen molar-refractivity contribution in [2.24, 2.45) is 0 Å². The number of methoxy groups -OCH3 is 1. The summed E-state index contributed by atoms with van der Waals surface area (Å²) in [7, 11) is 1.53. The molecule has 1 aromatic carbocycles. The van der Waals surface area contributed by atoms with E-state index in [0.717, 1.165) is 35.7 Å². The number of anilines is 2. The Morgan fingerprint density at radius 2 is 2.00 bits per heavy atom. The summed E-state index contributed by atoms with van der Waals surface area (Å²) >= 11 is 0. The molecular formula is C23H24FN7O2. The number of nitrogens with one attached hydrogen (secondary N) is 1. The minimum Gasteiger partial charge on any atom is -0.496 e. The van der Waals surface area contributed by atoms with Gasteiger partial charge >= 0.3 is 0 Å². The lowest BCUT2D eigenvalue weighted by Crippen LogP contribution is -2.37. The second-order valence-corrected chi connectivity index (χ2v) is 7.70. The SMILES string of the molecule is COc1cccc(F)c1CNc1ccc(-c2cnc(N3CCOCC3)nc2C)c2nncn12. The van der Waals surface area contributed by atoms with Gasteiger partial charge in [0, 0.05) is 42.5 Å². The second kappa shape index (κ2) is 8.99. The van der Waals surface area contributed by atoms with Gasteiger partial charge < -0.3 is 19.7 Å². The number of aryl methyl sites for hydroxylation is 1. The largest absolute Gasteiger partial charge is 0.496 e. The first-order chi connectivity index (χ1) is 16.2. The quantitative estimate of drug-likeness (QED) is 0.480. The van der Waals surface area contributed by atoms with E-state index in [9.17, 15) is 4.39 Å². The van der Waals surface area contributed by atoms with Gasteiger partial charge in [0.1, 0.15) is 23.7 Å². The molecule has 1 saturated heterocycles. The topological polar surface area (TPSA) is 89.7 Å². The van der Waals surface area contributed by atoms with Gasteiger partial charge in [-0.3, -0.25) is 4.40 Å². The highest BCUT2D eigenvalue weighted by Crippen LogP contribution is 2.29. The van der Waals surface area contributed by atoms with Crippen LogP contribution in [0.1, 0.15) is 11.3 Å². The number of pyridine rings is 1. The number of aromatic nitrogens is 5. The molecule has 0 saturated carbocycles. The summed E-state index contributed by atoms with van der Waals surface area (Å²) in [5.41, 5.74) is 3.72. The first kappa shape index (κ1) is 21.1. The van der Waals surface area contributed by atoms with Crippen LogP contribution in [-0.4, -0.2) is 58.0 Å². The van der Waals surface area contributed by atoms with Crippen molar-refractivity contribution in [3.8, 4) is 16.9 Å². The molecule has 1 aliphatic heterocycles. The lowest BCUT2D eigenvalue weighted by Gasteiger charge is -2.27. The van der Waals surface area contributed by atoms with E-state index in [1.165, 1.54) is 13.2 Å². The Kier molecular flexibility index (Phi) is 5.74. The normalized spacial score (nSPS) is 14.0.